The van der Waals surface area contributed by atoms with Gasteiger partial charge < -0.3 is 14.8 Å². The molecule has 1 aromatic heterocycles. The van der Waals surface area contributed by atoms with E-state index in [1.807, 2.05) is 36.4 Å². The molecule has 0 aliphatic carbocycles. The Labute approximate surface area is 134 Å². The monoisotopic (exact) mass is 309 g/mol. The molecule has 0 aliphatic heterocycles. The molecule has 3 rings (SSSR count). The van der Waals surface area contributed by atoms with Crippen molar-refractivity contribution in [3.05, 3.63) is 53.6 Å². The Morgan fingerprint density at radius 1 is 1.17 bits per heavy atom. The van der Waals surface area contributed by atoms with E-state index in [4.69, 9.17) is 4.74 Å². The number of carboxylic acids is 1. The number of fused-ring (bicyclic) bond motifs is 1. The van der Waals surface area contributed by atoms with Gasteiger partial charge >= 0.3 is 5.97 Å². The Morgan fingerprint density at radius 3 is 2.52 bits per heavy atom. The van der Waals surface area contributed by atoms with Crippen molar-refractivity contribution < 1.29 is 14.6 Å². The number of para-hydroxylation sites is 1. The highest BCUT2D eigenvalue weighted by Crippen LogP contribution is 2.33. The molecular formula is C19H19NO3. The van der Waals surface area contributed by atoms with Gasteiger partial charge in [-0.05, 0) is 47.4 Å². The number of aryl methyl sites for hydroxylation is 1. The van der Waals surface area contributed by atoms with E-state index in [1.54, 1.807) is 7.11 Å². The first-order valence-electron chi connectivity index (χ1n) is 7.62. The summed E-state index contributed by atoms with van der Waals surface area (Å²) in [6, 6.07) is 13.7. The number of carbonyl (C=O) groups is 1. The highest BCUT2D eigenvalue weighted by atomic mass is 16.5. The zero-order valence-corrected chi connectivity index (χ0v) is 13.2. The van der Waals surface area contributed by atoms with Gasteiger partial charge in [0.25, 0.3) is 0 Å². The molecule has 118 valence electrons. The SMILES string of the molecule is CCc1cccc2c(CC(=O)O)c(-c3ccc(OC)cc3)[nH]c12. The first-order chi connectivity index (χ1) is 11.1. The Hall–Kier alpha value is -2.75. The van der Waals surface area contributed by atoms with Gasteiger partial charge in [0.2, 0.25) is 0 Å². The van der Waals surface area contributed by atoms with Crippen LogP contribution >= 0.6 is 0 Å². The van der Waals surface area contributed by atoms with E-state index in [-0.39, 0.29) is 6.42 Å². The number of methoxy groups -OCH3 is 1. The number of nitrogens with one attached hydrogen (secondary N) is 1. The summed E-state index contributed by atoms with van der Waals surface area (Å²) in [5.41, 5.74) is 4.87. The summed E-state index contributed by atoms with van der Waals surface area (Å²) in [6.45, 7) is 2.10. The van der Waals surface area contributed by atoms with Crippen molar-refractivity contribution in [3.63, 3.8) is 0 Å². The van der Waals surface area contributed by atoms with Gasteiger partial charge in [-0.3, -0.25) is 4.79 Å². The van der Waals surface area contributed by atoms with E-state index in [1.165, 1.54) is 5.56 Å². The number of aliphatic carboxylic acids is 1. The van der Waals surface area contributed by atoms with Crippen molar-refractivity contribution in [1.29, 1.82) is 0 Å². The van der Waals surface area contributed by atoms with Crippen LogP contribution in [0.1, 0.15) is 18.1 Å². The molecule has 0 atom stereocenters. The van der Waals surface area contributed by atoms with Crippen LogP contribution in [0.15, 0.2) is 42.5 Å². The summed E-state index contributed by atoms with van der Waals surface area (Å²) in [7, 11) is 1.63. The Morgan fingerprint density at radius 2 is 1.91 bits per heavy atom. The quantitative estimate of drug-likeness (QED) is 0.748. The van der Waals surface area contributed by atoms with Gasteiger partial charge in [-0.2, -0.15) is 0 Å². The molecule has 0 amide bonds. The number of aromatic nitrogens is 1. The molecule has 0 saturated heterocycles. The molecule has 0 fully saturated rings. The van der Waals surface area contributed by atoms with E-state index < -0.39 is 5.97 Å². The minimum Gasteiger partial charge on any atom is -0.497 e. The van der Waals surface area contributed by atoms with Crippen molar-refractivity contribution in [2.24, 2.45) is 0 Å². The van der Waals surface area contributed by atoms with E-state index in [0.717, 1.165) is 39.9 Å². The van der Waals surface area contributed by atoms with Gasteiger partial charge in [-0.1, -0.05) is 25.1 Å². The number of hydrogen-bond donors (Lipinski definition) is 2. The lowest BCUT2D eigenvalue weighted by Gasteiger charge is -2.04. The normalized spacial score (nSPS) is 10.9. The molecular weight excluding hydrogens is 290 g/mol. The van der Waals surface area contributed by atoms with Crippen molar-refractivity contribution >= 4 is 16.9 Å². The summed E-state index contributed by atoms with van der Waals surface area (Å²) in [4.78, 5) is 14.8. The summed E-state index contributed by atoms with van der Waals surface area (Å²) in [6.07, 6.45) is 0.890. The minimum atomic E-state index is -0.831. The topological polar surface area (TPSA) is 62.3 Å². The van der Waals surface area contributed by atoms with E-state index >= 15 is 0 Å². The first-order valence-corrected chi connectivity index (χ1v) is 7.62. The Bertz CT molecular complexity index is 847. The van der Waals surface area contributed by atoms with E-state index in [2.05, 4.69) is 18.0 Å². The van der Waals surface area contributed by atoms with E-state index in [0.29, 0.717) is 0 Å². The largest absolute Gasteiger partial charge is 0.497 e. The predicted molar refractivity (Wildman–Crippen MR) is 91.0 cm³/mol. The zero-order valence-electron chi connectivity index (χ0n) is 13.2. The van der Waals surface area contributed by atoms with Crippen LogP contribution in [-0.2, 0) is 17.6 Å². The van der Waals surface area contributed by atoms with Gasteiger partial charge in [-0.15, -0.1) is 0 Å². The Kier molecular flexibility index (Phi) is 4.06. The molecule has 1 heterocycles. The smallest absolute Gasteiger partial charge is 0.307 e. The van der Waals surface area contributed by atoms with Crippen LogP contribution in [-0.4, -0.2) is 23.2 Å². The predicted octanol–water partition coefficient (Wildman–Crippen LogP) is 4.03. The number of carboxylic acid groups (broad SMARTS) is 1. The van der Waals surface area contributed by atoms with Crippen molar-refractivity contribution in [2.45, 2.75) is 19.8 Å². The summed E-state index contributed by atoms with van der Waals surface area (Å²) in [5, 5.41) is 10.3. The molecule has 3 aromatic rings. The number of rotatable bonds is 5. The first kappa shape index (κ1) is 15.2. The lowest BCUT2D eigenvalue weighted by molar-refractivity contribution is -0.136. The highest BCUT2D eigenvalue weighted by Gasteiger charge is 2.17. The third kappa shape index (κ3) is 2.80. The van der Waals surface area contributed by atoms with Crippen LogP contribution < -0.4 is 4.74 Å². The third-order valence-corrected chi connectivity index (χ3v) is 4.12. The fourth-order valence-corrected chi connectivity index (χ4v) is 2.97. The molecule has 0 saturated carbocycles. The molecule has 4 nitrogen and oxygen atoms in total. The fourth-order valence-electron chi connectivity index (χ4n) is 2.97. The third-order valence-electron chi connectivity index (χ3n) is 4.12. The Balaban J connectivity index is 2.22. The van der Waals surface area contributed by atoms with E-state index in [9.17, 15) is 9.90 Å². The maximum atomic E-state index is 11.3. The maximum absolute atomic E-state index is 11.3. The van der Waals surface area contributed by atoms with Crippen molar-refractivity contribution in [2.75, 3.05) is 7.11 Å². The summed E-state index contributed by atoms with van der Waals surface area (Å²) >= 11 is 0. The highest BCUT2D eigenvalue weighted by molar-refractivity contribution is 5.95. The van der Waals surface area contributed by atoms with Gasteiger partial charge in [0.15, 0.2) is 0 Å². The van der Waals surface area contributed by atoms with Crippen molar-refractivity contribution in [3.8, 4) is 17.0 Å². The second-order valence-corrected chi connectivity index (χ2v) is 5.47. The summed E-state index contributed by atoms with van der Waals surface area (Å²) in [5.74, 6) is -0.0542. The molecule has 0 spiro atoms. The van der Waals surface area contributed by atoms with Gasteiger partial charge in [-0.25, -0.2) is 0 Å². The van der Waals surface area contributed by atoms with Crippen molar-refractivity contribution in [1.82, 2.24) is 4.98 Å². The van der Waals surface area contributed by atoms with Crippen LogP contribution in [0.25, 0.3) is 22.2 Å². The molecule has 2 aromatic carbocycles. The lowest BCUT2D eigenvalue weighted by atomic mass is 10.0. The second kappa shape index (κ2) is 6.16. The molecule has 4 heteroatoms. The second-order valence-electron chi connectivity index (χ2n) is 5.47. The van der Waals surface area contributed by atoms with Crippen LogP contribution in [0.5, 0.6) is 5.75 Å². The van der Waals surface area contributed by atoms with Crippen LogP contribution in [0.3, 0.4) is 0 Å². The number of hydrogen-bond acceptors (Lipinski definition) is 2. The molecule has 2 N–H and O–H groups in total. The van der Waals surface area contributed by atoms with Crippen LogP contribution in [0, 0.1) is 0 Å². The maximum Gasteiger partial charge on any atom is 0.307 e. The molecule has 0 unspecified atom stereocenters. The molecule has 0 radical (unpaired) electrons. The number of H-pyrrole nitrogens is 1. The average Bonchev–Trinajstić information content (AvgIpc) is 2.93. The van der Waals surface area contributed by atoms with Gasteiger partial charge in [0.1, 0.15) is 5.75 Å². The number of ether oxygens (including phenoxy) is 1. The minimum absolute atomic E-state index is 0.00543. The van der Waals surface area contributed by atoms with Crippen LogP contribution in [0.4, 0.5) is 0 Å². The number of aromatic amines is 1. The van der Waals surface area contributed by atoms with Gasteiger partial charge in [0, 0.05) is 10.9 Å². The number of benzene rings is 2. The summed E-state index contributed by atoms with van der Waals surface area (Å²) < 4.78 is 5.19. The zero-order chi connectivity index (χ0) is 16.4. The van der Waals surface area contributed by atoms with Gasteiger partial charge in [0.05, 0.1) is 19.2 Å². The molecule has 0 aliphatic rings. The van der Waals surface area contributed by atoms with Crippen LogP contribution in [0.2, 0.25) is 0 Å². The molecule has 23 heavy (non-hydrogen) atoms. The standard InChI is InChI=1S/C19H19NO3/c1-3-12-5-4-6-15-16(11-17(21)22)19(20-18(12)15)13-7-9-14(23-2)10-8-13/h4-10,20H,3,11H2,1-2H3,(H,21,22). The lowest BCUT2D eigenvalue weighted by Crippen LogP contribution is -2.01. The molecule has 0 bridgehead atoms. The average molecular weight is 309 g/mol. The fraction of sp³-hybridized carbons (Fsp3) is 0.211.